The van der Waals surface area contributed by atoms with Crippen molar-refractivity contribution in [3.8, 4) is 5.88 Å². The van der Waals surface area contributed by atoms with Crippen LogP contribution >= 0.6 is 23.1 Å². The Morgan fingerprint density at radius 3 is 2.87 bits per heavy atom. The quantitative estimate of drug-likeness (QED) is 0.867. The topological polar surface area (TPSA) is 36.4 Å². The summed E-state index contributed by atoms with van der Waals surface area (Å²) < 4.78 is 0. The summed E-state index contributed by atoms with van der Waals surface area (Å²) in [4.78, 5) is 6.29. The van der Waals surface area contributed by atoms with Crippen LogP contribution in [-0.2, 0) is 0 Å². The van der Waals surface area contributed by atoms with E-state index in [0.717, 1.165) is 16.1 Å². The molecule has 3 nitrogen and oxygen atoms in total. The third-order valence-corrected chi connectivity index (χ3v) is 5.11. The molecule has 2 heterocycles. The summed E-state index contributed by atoms with van der Waals surface area (Å²) in [5.74, 6) is 1.30. The van der Waals surface area contributed by atoms with Gasteiger partial charge >= 0.3 is 0 Å². The van der Waals surface area contributed by atoms with Gasteiger partial charge in [0.25, 0.3) is 0 Å². The minimum absolute atomic E-state index is 0.138. The Balaban J connectivity index is 1.99. The van der Waals surface area contributed by atoms with E-state index in [1.807, 2.05) is 11.8 Å². The molecular formula is C10H16N2OS2. The predicted octanol–water partition coefficient (Wildman–Crippen LogP) is 2.57. The highest BCUT2D eigenvalue weighted by molar-refractivity contribution is 7.99. The molecule has 1 N–H and O–H groups in total. The molecule has 0 radical (unpaired) electrons. The Morgan fingerprint density at radius 1 is 1.53 bits per heavy atom. The molecule has 1 aromatic rings. The van der Waals surface area contributed by atoms with Crippen LogP contribution in [0.5, 0.6) is 5.88 Å². The van der Waals surface area contributed by atoms with E-state index in [4.69, 9.17) is 0 Å². The Labute approximate surface area is 98.5 Å². The molecule has 0 aromatic carbocycles. The fourth-order valence-electron chi connectivity index (χ4n) is 1.75. The van der Waals surface area contributed by atoms with Gasteiger partial charge in [0, 0.05) is 24.1 Å². The van der Waals surface area contributed by atoms with Crippen LogP contribution in [0.2, 0.25) is 0 Å². The zero-order valence-corrected chi connectivity index (χ0v) is 10.6. The van der Waals surface area contributed by atoms with Crippen LogP contribution in [0.4, 0.5) is 5.13 Å². The Bertz CT molecular complexity index is 321. The van der Waals surface area contributed by atoms with Crippen LogP contribution in [0.3, 0.4) is 0 Å². The molecule has 1 saturated heterocycles. The van der Waals surface area contributed by atoms with Gasteiger partial charge in [-0.3, -0.25) is 0 Å². The average Bonchev–Trinajstić information content (AvgIpc) is 2.65. The van der Waals surface area contributed by atoms with E-state index < -0.39 is 0 Å². The number of hydrogen-bond donors (Lipinski definition) is 1. The predicted molar refractivity (Wildman–Crippen MR) is 67.1 cm³/mol. The zero-order valence-electron chi connectivity index (χ0n) is 9.01. The van der Waals surface area contributed by atoms with Crippen molar-refractivity contribution in [3.05, 3.63) is 5.38 Å². The molecule has 1 aliphatic heterocycles. The van der Waals surface area contributed by atoms with Gasteiger partial charge in [-0.1, -0.05) is 6.92 Å². The van der Waals surface area contributed by atoms with E-state index in [1.165, 1.54) is 24.2 Å². The maximum absolute atomic E-state index is 9.21. The second-order valence-corrected chi connectivity index (χ2v) is 6.28. The number of hydrogen-bond acceptors (Lipinski definition) is 5. The van der Waals surface area contributed by atoms with Gasteiger partial charge in [-0.2, -0.15) is 16.7 Å². The fraction of sp³-hybridized carbons (Fsp3) is 0.700. The van der Waals surface area contributed by atoms with Crippen LogP contribution in [0.15, 0.2) is 5.38 Å². The number of aromatic nitrogens is 1. The monoisotopic (exact) mass is 244 g/mol. The maximum Gasteiger partial charge on any atom is 0.223 e. The minimum atomic E-state index is 0.138. The molecule has 5 heteroatoms. The summed E-state index contributed by atoms with van der Waals surface area (Å²) in [6.07, 6.45) is 2.50. The molecule has 0 aliphatic carbocycles. The first kappa shape index (κ1) is 11.1. The van der Waals surface area contributed by atoms with Crippen molar-refractivity contribution in [3.63, 3.8) is 0 Å². The molecule has 2 unspecified atom stereocenters. The van der Waals surface area contributed by atoms with Crippen molar-refractivity contribution >= 4 is 28.2 Å². The summed E-state index contributed by atoms with van der Waals surface area (Å²) >= 11 is 3.54. The number of nitrogens with zero attached hydrogens (tertiary/aromatic N) is 2. The molecule has 0 amide bonds. The van der Waals surface area contributed by atoms with Gasteiger partial charge in [0.05, 0.1) is 5.38 Å². The van der Waals surface area contributed by atoms with Crippen molar-refractivity contribution in [2.75, 3.05) is 17.7 Å². The standard InChI is InChI=1S/C10H16N2OS2/c1-7-3-4-8(5-14-7)12(2)10-11-9(13)6-15-10/h6-8,13H,3-5H2,1-2H3. The highest BCUT2D eigenvalue weighted by Gasteiger charge is 2.23. The largest absolute Gasteiger partial charge is 0.493 e. The van der Waals surface area contributed by atoms with Crippen molar-refractivity contribution < 1.29 is 5.11 Å². The van der Waals surface area contributed by atoms with Crippen molar-refractivity contribution in [1.29, 1.82) is 0 Å². The second-order valence-electron chi connectivity index (χ2n) is 3.97. The average molecular weight is 244 g/mol. The number of rotatable bonds is 2. The molecular weight excluding hydrogens is 228 g/mol. The molecule has 1 fully saturated rings. The molecule has 0 saturated carbocycles. The summed E-state index contributed by atoms with van der Waals surface area (Å²) in [6.45, 7) is 2.29. The minimum Gasteiger partial charge on any atom is -0.493 e. The first-order chi connectivity index (χ1) is 7.16. The SMILES string of the molecule is CC1CCC(N(C)c2nc(O)cs2)CS1. The van der Waals surface area contributed by atoms with Gasteiger partial charge in [0.1, 0.15) is 0 Å². The number of thiazole rings is 1. The normalized spacial score (nSPS) is 26.5. The van der Waals surface area contributed by atoms with Crippen molar-refractivity contribution in [1.82, 2.24) is 4.98 Å². The van der Waals surface area contributed by atoms with Gasteiger partial charge in [0.2, 0.25) is 5.88 Å². The first-order valence-electron chi connectivity index (χ1n) is 5.15. The molecule has 1 aliphatic rings. The third kappa shape index (κ3) is 2.58. The summed E-state index contributed by atoms with van der Waals surface area (Å²) in [5.41, 5.74) is 0. The van der Waals surface area contributed by atoms with Crippen LogP contribution in [0, 0.1) is 0 Å². The Morgan fingerprint density at radius 2 is 2.33 bits per heavy atom. The third-order valence-electron chi connectivity index (χ3n) is 2.81. The fourth-order valence-corrected chi connectivity index (χ4v) is 3.72. The zero-order chi connectivity index (χ0) is 10.8. The summed E-state index contributed by atoms with van der Waals surface area (Å²) in [7, 11) is 2.07. The van der Waals surface area contributed by atoms with E-state index in [-0.39, 0.29) is 5.88 Å². The van der Waals surface area contributed by atoms with Crippen LogP contribution in [-0.4, -0.2) is 34.2 Å². The Kier molecular flexibility index (Phi) is 3.41. The molecule has 15 heavy (non-hydrogen) atoms. The van der Waals surface area contributed by atoms with E-state index in [0.29, 0.717) is 6.04 Å². The lowest BCUT2D eigenvalue weighted by Gasteiger charge is -2.32. The van der Waals surface area contributed by atoms with Crippen molar-refractivity contribution in [2.45, 2.75) is 31.1 Å². The van der Waals surface area contributed by atoms with Crippen LogP contribution in [0.1, 0.15) is 19.8 Å². The number of aromatic hydroxyl groups is 1. The van der Waals surface area contributed by atoms with Crippen LogP contribution in [0.25, 0.3) is 0 Å². The van der Waals surface area contributed by atoms with E-state index >= 15 is 0 Å². The number of anilines is 1. The van der Waals surface area contributed by atoms with E-state index in [2.05, 4.69) is 23.9 Å². The van der Waals surface area contributed by atoms with Gasteiger partial charge < -0.3 is 10.0 Å². The lowest BCUT2D eigenvalue weighted by atomic mass is 10.1. The molecule has 1 aromatic heterocycles. The van der Waals surface area contributed by atoms with E-state index in [9.17, 15) is 5.11 Å². The number of thioether (sulfide) groups is 1. The van der Waals surface area contributed by atoms with Gasteiger partial charge in [-0.25, -0.2) is 0 Å². The lowest BCUT2D eigenvalue weighted by molar-refractivity contribution is 0.456. The molecule has 0 bridgehead atoms. The van der Waals surface area contributed by atoms with E-state index in [1.54, 1.807) is 5.38 Å². The first-order valence-corrected chi connectivity index (χ1v) is 7.08. The highest BCUT2D eigenvalue weighted by Crippen LogP contribution is 2.31. The smallest absolute Gasteiger partial charge is 0.223 e. The van der Waals surface area contributed by atoms with Gasteiger partial charge in [-0.15, -0.1) is 11.3 Å². The maximum atomic E-state index is 9.21. The van der Waals surface area contributed by atoms with Crippen molar-refractivity contribution in [2.24, 2.45) is 0 Å². The summed E-state index contributed by atoms with van der Waals surface area (Å²) in [5, 5.41) is 12.6. The van der Waals surface area contributed by atoms with Gasteiger partial charge in [-0.05, 0) is 12.8 Å². The second kappa shape index (κ2) is 4.61. The molecule has 0 spiro atoms. The lowest BCUT2D eigenvalue weighted by Crippen LogP contribution is -2.37. The van der Waals surface area contributed by atoms with Crippen LogP contribution < -0.4 is 4.90 Å². The molecule has 2 rings (SSSR count). The molecule has 2 atom stereocenters. The van der Waals surface area contributed by atoms with Gasteiger partial charge in [0.15, 0.2) is 5.13 Å². The highest BCUT2D eigenvalue weighted by atomic mass is 32.2. The summed E-state index contributed by atoms with van der Waals surface area (Å²) in [6, 6.07) is 0.566. The Hall–Kier alpha value is -0.420. The molecule has 84 valence electrons.